The fourth-order valence-electron chi connectivity index (χ4n) is 2.20. The fourth-order valence-corrected chi connectivity index (χ4v) is 2.20. The SMILES string of the molecule is CCCCCCCCCN1CC(C(=O)O)C1. The highest BCUT2D eigenvalue weighted by molar-refractivity contribution is 5.71. The maximum absolute atomic E-state index is 10.6. The summed E-state index contributed by atoms with van der Waals surface area (Å²) in [6, 6.07) is 0. The molecule has 0 atom stereocenters. The Morgan fingerprint density at radius 2 is 1.69 bits per heavy atom. The molecule has 0 bridgehead atoms. The van der Waals surface area contributed by atoms with E-state index in [-0.39, 0.29) is 5.92 Å². The van der Waals surface area contributed by atoms with Crippen LogP contribution in [0.3, 0.4) is 0 Å². The Balaban J connectivity index is 1.81. The number of carboxylic acids is 1. The van der Waals surface area contributed by atoms with Crippen molar-refractivity contribution in [1.82, 2.24) is 4.90 Å². The summed E-state index contributed by atoms with van der Waals surface area (Å²) in [6.07, 6.45) is 9.30. The second-order valence-electron chi connectivity index (χ2n) is 4.92. The van der Waals surface area contributed by atoms with Gasteiger partial charge in [-0.05, 0) is 13.0 Å². The largest absolute Gasteiger partial charge is 0.481 e. The van der Waals surface area contributed by atoms with Gasteiger partial charge in [-0.2, -0.15) is 0 Å². The normalized spacial score (nSPS) is 17.3. The average molecular weight is 227 g/mol. The van der Waals surface area contributed by atoms with Crippen molar-refractivity contribution in [2.45, 2.75) is 51.9 Å². The first-order valence-corrected chi connectivity index (χ1v) is 6.69. The number of aliphatic carboxylic acids is 1. The Hall–Kier alpha value is -0.570. The molecule has 1 aliphatic rings. The first-order valence-electron chi connectivity index (χ1n) is 6.69. The maximum atomic E-state index is 10.6. The molecule has 16 heavy (non-hydrogen) atoms. The first kappa shape index (κ1) is 13.5. The van der Waals surface area contributed by atoms with Crippen molar-refractivity contribution in [1.29, 1.82) is 0 Å². The van der Waals surface area contributed by atoms with Gasteiger partial charge in [0, 0.05) is 13.1 Å². The lowest BCUT2D eigenvalue weighted by atomic mass is 10.00. The molecule has 0 amide bonds. The number of carbonyl (C=O) groups is 1. The average Bonchev–Trinajstić information content (AvgIpc) is 2.18. The van der Waals surface area contributed by atoms with Gasteiger partial charge < -0.3 is 10.0 Å². The highest BCUT2D eigenvalue weighted by Crippen LogP contribution is 2.16. The number of carboxylic acid groups (broad SMARTS) is 1. The number of rotatable bonds is 9. The van der Waals surface area contributed by atoms with Crippen LogP contribution in [-0.2, 0) is 4.79 Å². The topological polar surface area (TPSA) is 40.5 Å². The molecule has 3 heteroatoms. The monoisotopic (exact) mass is 227 g/mol. The van der Waals surface area contributed by atoms with Gasteiger partial charge in [-0.25, -0.2) is 0 Å². The summed E-state index contributed by atoms with van der Waals surface area (Å²) in [6.45, 7) is 4.87. The Morgan fingerprint density at radius 3 is 2.25 bits per heavy atom. The molecule has 1 N–H and O–H groups in total. The summed E-state index contributed by atoms with van der Waals surface area (Å²) in [5.41, 5.74) is 0. The number of hydrogen-bond acceptors (Lipinski definition) is 2. The van der Waals surface area contributed by atoms with Gasteiger partial charge in [-0.15, -0.1) is 0 Å². The summed E-state index contributed by atoms with van der Waals surface area (Å²) in [5, 5.41) is 8.72. The van der Waals surface area contributed by atoms with E-state index in [2.05, 4.69) is 11.8 Å². The predicted molar refractivity (Wildman–Crippen MR) is 65.6 cm³/mol. The molecule has 0 aromatic carbocycles. The molecular formula is C13H25NO2. The third-order valence-electron chi connectivity index (χ3n) is 3.38. The second kappa shape index (κ2) is 7.66. The van der Waals surface area contributed by atoms with Crippen LogP contribution in [0.5, 0.6) is 0 Å². The van der Waals surface area contributed by atoms with Crippen LogP contribution < -0.4 is 0 Å². The summed E-state index contributed by atoms with van der Waals surface area (Å²) < 4.78 is 0. The van der Waals surface area contributed by atoms with Gasteiger partial charge in [0.1, 0.15) is 0 Å². The standard InChI is InChI=1S/C13H25NO2/c1-2-3-4-5-6-7-8-9-14-10-12(11-14)13(15)16/h12H,2-11H2,1H3,(H,15,16). The summed E-state index contributed by atoms with van der Waals surface area (Å²) in [4.78, 5) is 12.8. The van der Waals surface area contributed by atoms with Crippen molar-refractivity contribution < 1.29 is 9.90 Å². The van der Waals surface area contributed by atoms with Gasteiger partial charge in [0.05, 0.1) is 5.92 Å². The summed E-state index contributed by atoms with van der Waals surface area (Å²) in [7, 11) is 0. The molecule has 0 aromatic heterocycles. The molecule has 1 rings (SSSR count). The molecule has 0 radical (unpaired) electrons. The summed E-state index contributed by atoms with van der Waals surface area (Å²) in [5.74, 6) is -0.722. The van der Waals surface area contributed by atoms with Crippen LogP contribution in [0.1, 0.15) is 51.9 Å². The van der Waals surface area contributed by atoms with E-state index < -0.39 is 5.97 Å². The Bertz CT molecular complexity index is 200. The van der Waals surface area contributed by atoms with Gasteiger partial charge in [0.25, 0.3) is 0 Å². The molecule has 3 nitrogen and oxygen atoms in total. The quantitative estimate of drug-likeness (QED) is 0.616. The van der Waals surface area contributed by atoms with Crippen LogP contribution in [0.2, 0.25) is 0 Å². The molecule has 1 saturated heterocycles. The zero-order valence-electron chi connectivity index (χ0n) is 10.5. The molecule has 1 fully saturated rings. The minimum Gasteiger partial charge on any atom is -0.481 e. The highest BCUT2D eigenvalue weighted by Gasteiger charge is 2.31. The van der Waals surface area contributed by atoms with E-state index in [4.69, 9.17) is 5.11 Å². The number of unbranched alkanes of at least 4 members (excludes halogenated alkanes) is 6. The Kier molecular flexibility index (Phi) is 6.46. The number of nitrogens with zero attached hydrogens (tertiary/aromatic N) is 1. The zero-order valence-corrected chi connectivity index (χ0v) is 10.5. The molecule has 0 aliphatic carbocycles. The molecule has 0 spiro atoms. The molecule has 1 heterocycles. The minimum absolute atomic E-state index is 0.0930. The molecule has 94 valence electrons. The third kappa shape index (κ3) is 4.97. The van der Waals surface area contributed by atoms with Crippen molar-refractivity contribution in [3.8, 4) is 0 Å². The van der Waals surface area contributed by atoms with E-state index in [9.17, 15) is 4.79 Å². The zero-order chi connectivity index (χ0) is 11.8. The van der Waals surface area contributed by atoms with Crippen molar-refractivity contribution in [3.05, 3.63) is 0 Å². The number of likely N-dealkylation sites (tertiary alicyclic amines) is 1. The molecule has 0 saturated carbocycles. The predicted octanol–water partition coefficient (Wildman–Crippen LogP) is 2.75. The van der Waals surface area contributed by atoms with Gasteiger partial charge in [0.2, 0.25) is 0 Å². The second-order valence-corrected chi connectivity index (χ2v) is 4.92. The van der Waals surface area contributed by atoms with Crippen LogP contribution in [-0.4, -0.2) is 35.6 Å². The van der Waals surface area contributed by atoms with Gasteiger partial charge in [-0.1, -0.05) is 45.4 Å². The van der Waals surface area contributed by atoms with Gasteiger partial charge in [-0.3, -0.25) is 4.79 Å². The van der Waals surface area contributed by atoms with Gasteiger partial charge in [0.15, 0.2) is 0 Å². The van der Waals surface area contributed by atoms with Crippen molar-refractivity contribution in [3.63, 3.8) is 0 Å². The van der Waals surface area contributed by atoms with E-state index >= 15 is 0 Å². The van der Waals surface area contributed by atoms with Crippen LogP contribution in [0.25, 0.3) is 0 Å². The lowest BCUT2D eigenvalue weighted by Gasteiger charge is -2.36. The maximum Gasteiger partial charge on any atom is 0.309 e. The van der Waals surface area contributed by atoms with Crippen LogP contribution in [0, 0.1) is 5.92 Å². The van der Waals surface area contributed by atoms with Crippen molar-refractivity contribution >= 4 is 5.97 Å². The van der Waals surface area contributed by atoms with Crippen LogP contribution in [0.15, 0.2) is 0 Å². The Morgan fingerprint density at radius 1 is 1.12 bits per heavy atom. The number of hydrogen-bond donors (Lipinski definition) is 1. The van der Waals surface area contributed by atoms with Crippen LogP contribution in [0.4, 0.5) is 0 Å². The lowest BCUT2D eigenvalue weighted by Crippen LogP contribution is -2.50. The smallest absolute Gasteiger partial charge is 0.309 e. The molecular weight excluding hydrogens is 202 g/mol. The highest BCUT2D eigenvalue weighted by atomic mass is 16.4. The lowest BCUT2D eigenvalue weighted by molar-refractivity contribution is -0.147. The summed E-state index contributed by atoms with van der Waals surface area (Å²) >= 11 is 0. The van der Waals surface area contributed by atoms with E-state index in [0.29, 0.717) is 0 Å². The van der Waals surface area contributed by atoms with E-state index in [1.54, 1.807) is 0 Å². The first-order chi connectivity index (χ1) is 7.74. The van der Waals surface area contributed by atoms with Crippen molar-refractivity contribution in [2.24, 2.45) is 5.92 Å². The van der Waals surface area contributed by atoms with E-state index in [1.807, 2.05) is 0 Å². The Labute approximate surface area is 98.8 Å². The molecule has 0 aromatic rings. The third-order valence-corrected chi connectivity index (χ3v) is 3.38. The van der Waals surface area contributed by atoms with E-state index in [1.165, 1.54) is 44.9 Å². The van der Waals surface area contributed by atoms with Crippen molar-refractivity contribution in [2.75, 3.05) is 19.6 Å². The molecule has 0 unspecified atom stereocenters. The molecule has 1 aliphatic heterocycles. The van der Waals surface area contributed by atoms with E-state index in [0.717, 1.165) is 19.6 Å². The fraction of sp³-hybridized carbons (Fsp3) is 0.923. The minimum atomic E-state index is -0.629. The van der Waals surface area contributed by atoms with Crippen LogP contribution >= 0.6 is 0 Å². The van der Waals surface area contributed by atoms with Gasteiger partial charge >= 0.3 is 5.97 Å².